The highest BCUT2D eigenvalue weighted by molar-refractivity contribution is 5.63. The quantitative estimate of drug-likeness (QED) is 0.783. The second kappa shape index (κ2) is 8.45. The number of hydrogen-bond donors (Lipinski definition) is 2. The monoisotopic (exact) mass is 285 g/mol. The van der Waals surface area contributed by atoms with Crippen LogP contribution in [0.3, 0.4) is 0 Å². The molecule has 0 aliphatic rings. The Hall–Kier alpha value is -1.84. The highest BCUT2D eigenvalue weighted by atomic mass is 16.5. The number of rotatable bonds is 8. The third-order valence-electron chi connectivity index (χ3n) is 3.38. The standard InChI is InChI=1S/C18H23NO2/c1-2-19-17(12-13-20)14-21-18-10-8-16(9-11-18)15-6-4-3-5-7-15/h3-11,17,19-20H,2,12-14H2,1H3. The molecule has 3 heteroatoms. The van der Waals surface area contributed by atoms with Gasteiger partial charge < -0.3 is 15.2 Å². The van der Waals surface area contributed by atoms with Crippen LogP contribution in [0.1, 0.15) is 13.3 Å². The maximum Gasteiger partial charge on any atom is 0.119 e. The fraction of sp³-hybridized carbons (Fsp3) is 0.333. The van der Waals surface area contributed by atoms with Crippen molar-refractivity contribution < 1.29 is 9.84 Å². The van der Waals surface area contributed by atoms with Gasteiger partial charge in [0.2, 0.25) is 0 Å². The van der Waals surface area contributed by atoms with Crippen LogP contribution in [0.4, 0.5) is 0 Å². The lowest BCUT2D eigenvalue weighted by Crippen LogP contribution is -2.35. The van der Waals surface area contributed by atoms with Gasteiger partial charge in [-0.15, -0.1) is 0 Å². The van der Waals surface area contributed by atoms with E-state index in [0.29, 0.717) is 13.0 Å². The van der Waals surface area contributed by atoms with E-state index in [2.05, 4.69) is 36.5 Å². The summed E-state index contributed by atoms with van der Waals surface area (Å²) in [6.07, 6.45) is 0.704. The molecule has 0 saturated heterocycles. The second-order valence-corrected chi connectivity index (χ2v) is 4.97. The SMILES string of the molecule is CCNC(CCO)COc1ccc(-c2ccccc2)cc1. The molecule has 1 atom stereocenters. The molecule has 0 aromatic heterocycles. The Morgan fingerprint density at radius 3 is 2.29 bits per heavy atom. The van der Waals surface area contributed by atoms with Crippen LogP contribution in [0.15, 0.2) is 54.6 Å². The molecule has 0 radical (unpaired) electrons. The maximum atomic E-state index is 9.03. The largest absolute Gasteiger partial charge is 0.492 e. The highest BCUT2D eigenvalue weighted by Crippen LogP contribution is 2.22. The average molecular weight is 285 g/mol. The molecule has 21 heavy (non-hydrogen) atoms. The summed E-state index contributed by atoms with van der Waals surface area (Å²) in [6, 6.07) is 18.6. The normalized spacial score (nSPS) is 12.1. The molecular weight excluding hydrogens is 262 g/mol. The van der Waals surface area contributed by atoms with Crippen molar-refractivity contribution in [2.75, 3.05) is 19.8 Å². The van der Waals surface area contributed by atoms with Gasteiger partial charge in [-0.3, -0.25) is 0 Å². The van der Waals surface area contributed by atoms with Gasteiger partial charge in [0, 0.05) is 12.6 Å². The molecule has 0 amide bonds. The van der Waals surface area contributed by atoms with Gasteiger partial charge in [-0.05, 0) is 36.2 Å². The van der Waals surface area contributed by atoms with E-state index >= 15 is 0 Å². The summed E-state index contributed by atoms with van der Waals surface area (Å²) >= 11 is 0. The lowest BCUT2D eigenvalue weighted by molar-refractivity contribution is 0.215. The smallest absolute Gasteiger partial charge is 0.119 e. The van der Waals surface area contributed by atoms with E-state index in [9.17, 15) is 0 Å². The fourth-order valence-corrected chi connectivity index (χ4v) is 2.26. The maximum absolute atomic E-state index is 9.03. The summed E-state index contributed by atoms with van der Waals surface area (Å²) in [5.41, 5.74) is 2.39. The predicted octanol–water partition coefficient (Wildman–Crippen LogP) is 3.09. The molecule has 0 heterocycles. The van der Waals surface area contributed by atoms with E-state index in [-0.39, 0.29) is 12.6 Å². The van der Waals surface area contributed by atoms with Crippen molar-refractivity contribution in [3.05, 3.63) is 54.6 Å². The number of hydrogen-bond acceptors (Lipinski definition) is 3. The van der Waals surface area contributed by atoms with Crippen LogP contribution in [0.5, 0.6) is 5.75 Å². The van der Waals surface area contributed by atoms with E-state index in [1.165, 1.54) is 11.1 Å². The van der Waals surface area contributed by atoms with E-state index in [1.807, 2.05) is 30.3 Å². The summed E-state index contributed by atoms with van der Waals surface area (Å²) < 4.78 is 5.79. The zero-order valence-electron chi connectivity index (χ0n) is 12.5. The molecule has 2 aromatic rings. The van der Waals surface area contributed by atoms with Crippen molar-refractivity contribution in [2.45, 2.75) is 19.4 Å². The van der Waals surface area contributed by atoms with E-state index in [4.69, 9.17) is 9.84 Å². The molecule has 0 bridgehead atoms. The van der Waals surface area contributed by atoms with Gasteiger partial charge in [0.1, 0.15) is 12.4 Å². The first-order valence-electron chi connectivity index (χ1n) is 7.46. The van der Waals surface area contributed by atoms with Gasteiger partial charge in [-0.1, -0.05) is 49.4 Å². The van der Waals surface area contributed by atoms with Crippen molar-refractivity contribution in [3.8, 4) is 16.9 Å². The summed E-state index contributed by atoms with van der Waals surface area (Å²) in [7, 11) is 0. The third-order valence-corrected chi connectivity index (χ3v) is 3.38. The van der Waals surface area contributed by atoms with Crippen molar-refractivity contribution in [3.63, 3.8) is 0 Å². The summed E-state index contributed by atoms with van der Waals surface area (Å²) in [5.74, 6) is 0.857. The number of aliphatic hydroxyl groups excluding tert-OH is 1. The Labute approximate surface area is 126 Å². The van der Waals surface area contributed by atoms with Gasteiger partial charge in [-0.2, -0.15) is 0 Å². The van der Waals surface area contributed by atoms with Gasteiger partial charge in [0.05, 0.1) is 0 Å². The number of aliphatic hydroxyl groups is 1. The number of benzene rings is 2. The second-order valence-electron chi connectivity index (χ2n) is 4.97. The van der Waals surface area contributed by atoms with E-state index < -0.39 is 0 Å². The number of ether oxygens (including phenoxy) is 1. The van der Waals surface area contributed by atoms with Crippen LogP contribution in [0.25, 0.3) is 11.1 Å². The zero-order chi connectivity index (χ0) is 14.9. The van der Waals surface area contributed by atoms with Gasteiger partial charge in [-0.25, -0.2) is 0 Å². The number of nitrogens with one attached hydrogen (secondary N) is 1. The van der Waals surface area contributed by atoms with Crippen LogP contribution < -0.4 is 10.1 Å². The van der Waals surface area contributed by atoms with Crippen LogP contribution in [-0.2, 0) is 0 Å². The molecule has 0 spiro atoms. The lowest BCUT2D eigenvalue weighted by atomic mass is 10.1. The molecule has 112 valence electrons. The summed E-state index contributed by atoms with van der Waals surface area (Å²) in [6.45, 7) is 3.67. The first-order valence-corrected chi connectivity index (χ1v) is 7.46. The topological polar surface area (TPSA) is 41.5 Å². The molecule has 2 N–H and O–H groups in total. The van der Waals surface area contributed by atoms with Crippen LogP contribution >= 0.6 is 0 Å². The molecule has 0 saturated carbocycles. The lowest BCUT2D eigenvalue weighted by Gasteiger charge is -2.17. The Bertz CT molecular complexity index is 505. The highest BCUT2D eigenvalue weighted by Gasteiger charge is 2.07. The van der Waals surface area contributed by atoms with Crippen molar-refractivity contribution in [1.82, 2.24) is 5.32 Å². The van der Waals surface area contributed by atoms with Crippen molar-refractivity contribution in [2.24, 2.45) is 0 Å². The summed E-state index contributed by atoms with van der Waals surface area (Å²) in [5, 5.41) is 12.3. The Kier molecular flexibility index (Phi) is 6.25. The zero-order valence-corrected chi connectivity index (χ0v) is 12.5. The van der Waals surface area contributed by atoms with E-state index in [0.717, 1.165) is 12.3 Å². The van der Waals surface area contributed by atoms with Crippen molar-refractivity contribution >= 4 is 0 Å². The minimum atomic E-state index is 0.175. The van der Waals surface area contributed by atoms with E-state index in [1.54, 1.807) is 0 Å². The van der Waals surface area contributed by atoms with Gasteiger partial charge in [0.25, 0.3) is 0 Å². The Morgan fingerprint density at radius 1 is 1.00 bits per heavy atom. The minimum Gasteiger partial charge on any atom is -0.492 e. The molecule has 2 rings (SSSR count). The molecule has 0 aliphatic heterocycles. The first-order chi connectivity index (χ1) is 10.3. The Morgan fingerprint density at radius 2 is 1.67 bits per heavy atom. The van der Waals surface area contributed by atoms with Crippen LogP contribution in [0.2, 0.25) is 0 Å². The summed E-state index contributed by atoms with van der Waals surface area (Å²) in [4.78, 5) is 0. The third kappa shape index (κ3) is 4.88. The molecule has 3 nitrogen and oxygen atoms in total. The fourth-order valence-electron chi connectivity index (χ4n) is 2.26. The average Bonchev–Trinajstić information content (AvgIpc) is 2.54. The molecule has 2 aromatic carbocycles. The first kappa shape index (κ1) is 15.5. The molecular formula is C18H23NO2. The molecule has 0 aliphatic carbocycles. The molecule has 1 unspecified atom stereocenters. The van der Waals surface area contributed by atoms with Gasteiger partial charge in [0.15, 0.2) is 0 Å². The van der Waals surface area contributed by atoms with Gasteiger partial charge >= 0.3 is 0 Å². The van der Waals surface area contributed by atoms with Crippen LogP contribution in [-0.4, -0.2) is 30.9 Å². The van der Waals surface area contributed by atoms with Crippen molar-refractivity contribution in [1.29, 1.82) is 0 Å². The van der Waals surface area contributed by atoms with Crippen LogP contribution in [0, 0.1) is 0 Å². The Balaban J connectivity index is 1.93. The molecule has 0 fully saturated rings. The predicted molar refractivity (Wildman–Crippen MR) is 86.5 cm³/mol. The minimum absolute atomic E-state index is 0.175. The number of likely N-dealkylation sites (N-methyl/N-ethyl adjacent to an activating group) is 1.